The first-order chi connectivity index (χ1) is 18.1. The number of hydrogen-bond acceptors (Lipinski definition) is 8. The molecular formula is C28H35N5O5. The molecule has 10 nitrogen and oxygen atoms in total. The molecule has 1 fully saturated rings. The highest BCUT2D eigenvalue weighted by atomic mass is 16.6. The van der Waals surface area contributed by atoms with Crippen molar-refractivity contribution in [3.8, 4) is 17.1 Å². The van der Waals surface area contributed by atoms with Crippen LogP contribution in [0.4, 0.5) is 11.4 Å². The summed E-state index contributed by atoms with van der Waals surface area (Å²) in [6.45, 7) is 8.81. The number of aromatic amines is 1. The quantitative estimate of drug-likeness (QED) is 0.418. The maximum absolute atomic E-state index is 12.9. The van der Waals surface area contributed by atoms with Gasteiger partial charge in [-0.25, -0.2) is 9.78 Å². The highest BCUT2D eigenvalue weighted by molar-refractivity contribution is 6.04. The number of carbonyl (C=O) groups is 2. The molecule has 1 aliphatic rings. The molecule has 1 aromatic carbocycles. The predicted molar refractivity (Wildman–Crippen MR) is 144 cm³/mol. The van der Waals surface area contributed by atoms with E-state index < -0.39 is 11.7 Å². The standard InChI is InChI=1S/C28H35N5O5/c1-18(27(35)38-28(2,3)4)37-20-12-15-33(16-13-20)19-9-10-23(25(17-19)36-5)31-26(34)24-8-6-7-21(30-24)22-11-14-29-32-22/h6-11,14,17-18,20H,12-13,15-16H2,1-5H3,(H,29,32)(H,31,34)/t18-/m1/s1. The van der Waals surface area contributed by atoms with Gasteiger partial charge in [-0.1, -0.05) is 6.07 Å². The second-order valence-electron chi connectivity index (χ2n) is 10.2. The van der Waals surface area contributed by atoms with Crippen LogP contribution in [0.3, 0.4) is 0 Å². The van der Waals surface area contributed by atoms with Gasteiger partial charge >= 0.3 is 5.97 Å². The lowest BCUT2D eigenvalue weighted by molar-refractivity contribution is -0.171. The second kappa shape index (κ2) is 11.6. The van der Waals surface area contributed by atoms with Gasteiger partial charge in [0.1, 0.15) is 22.7 Å². The summed E-state index contributed by atoms with van der Waals surface area (Å²) >= 11 is 0. The SMILES string of the molecule is COc1cc(N2CCC(O[C@H](C)C(=O)OC(C)(C)C)CC2)ccc1NC(=O)c1cccc(-c2cc[nH]n2)n1. The molecule has 1 amide bonds. The van der Waals surface area contributed by atoms with Gasteiger partial charge in [0.2, 0.25) is 0 Å². The van der Waals surface area contributed by atoms with Crippen molar-refractivity contribution in [3.05, 3.63) is 54.4 Å². The van der Waals surface area contributed by atoms with Crippen molar-refractivity contribution in [3.63, 3.8) is 0 Å². The largest absolute Gasteiger partial charge is 0.494 e. The monoisotopic (exact) mass is 521 g/mol. The van der Waals surface area contributed by atoms with Crippen LogP contribution in [0.5, 0.6) is 5.75 Å². The van der Waals surface area contributed by atoms with Gasteiger partial charge in [-0.15, -0.1) is 0 Å². The summed E-state index contributed by atoms with van der Waals surface area (Å²) in [5.41, 5.74) is 2.54. The molecule has 2 aromatic heterocycles. The summed E-state index contributed by atoms with van der Waals surface area (Å²) < 4.78 is 17.0. The molecule has 1 aliphatic heterocycles. The van der Waals surface area contributed by atoms with Crippen LogP contribution in [0.15, 0.2) is 48.7 Å². The summed E-state index contributed by atoms with van der Waals surface area (Å²) in [4.78, 5) is 31.8. The first-order valence-electron chi connectivity index (χ1n) is 12.7. The topological polar surface area (TPSA) is 119 Å². The number of H-pyrrole nitrogens is 1. The molecule has 0 spiro atoms. The number of nitrogens with zero attached hydrogens (tertiary/aromatic N) is 3. The van der Waals surface area contributed by atoms with E-state index in [0.29, 0.717) is 22.8 Å². The Morgan fingerprint density at radius 2 is 1.87 bits per heavy atom. The van der Waals surface area contributed by atoms with Crippen LogP contribution in [0.2, 0.25) is 0 Å². The zero-order valence-electron chi connectivity index (χ0n) is 22.5. The van der Waals surface area contributed by atoms with Crippen LogP contribution in [-0.2, 0) is 14.3 Å². The molecule has 202 valence electrons. The number of pyridine rings is 1. The number of carbonyl (C=O) groups excluding carboxylic acids is 2. The average molecular weight is 522 g/mol. The molecule has 10 heteroatoms. The van der Waals surface area contributed by atoms with Crippen LogP contribution < -0.4 is 15.0 Å². The number of esters is 1. The molecule has 4 rings (SSSR count). The van der Waals surface area contributed by atoms with Crippen molar-refractivity contribution in [1.29, 1.82) is 0 Å². The minimum absolute atomic E-state index is 0.0149. The van der Waals surface area contributed by atoms with Crippen LogP contribution in [0, 0.1) is 0 Å². The summed E-state index contributed by atoms with van der Waals surface area (Å²) in [5.74, 6) is -0.132. The molecular weight excluding hydrogens is 486 g/mol. The Morgan fingerprint density at radius 1 is 1.11 bits per heavy atom. The van der Waals surface area contributed by atoms with Gasteiger partial charge in [-0.3, -0.25) is 9.89 Å². The van der Waals surface area contributed by atoms with E-state index in [4.69, 9.17) is 14.2 Å². The second-order valence-corrected chi connectivity index (χ2v) is 10.2. The number of rotatable bonds is 8. The third-order valence-electron chi connectivity index (χ3n) is 6.12. The lowest BCUT2D eigenvalue weighted by atomic mass is 10.1. The predicted octanol–water partition coefficient (Wildman–Crippen LogP) is 4.45. The fourth-order valence-corrected chi connectivity index (χ4v) is 4.25. The third kappa shape index (κ3) is 6.89. The Hall–Kier alpha value is -3.92. The van der Waals surface area contributed by atoms with Crippen LogP contribution >= 0.6 is 0 Å². The van der Waals surface area contributed by atoms with Crippen molar-refractivity contribution in [2.75, 3.05) is 30.4 Å². The van der Waals surface area contributed by atoms with E-state index >= 15 is 0 Å². The third-order valence-corrected chi connectivity index (χ3v) is 6.12. The van der Waals surface area contributed by atoms with Gasteiger partial charge in [0.05, 0.1) is 24.6 Å². The normalized spacial score (nSPS) is 15.1. The number of nitrogens with one attached hydrogen (secondary N) is 2. The van der Waals surface area contributed by atoms with E-state index in [9.17, 15) is 9.59 Å². The number of benzene rings is 1. The van der Waals surface area contributed by atoms with E-state index in [0.717, 1.165) is 31.6 Å². The fraction of sp³-hybridized carbons (Fsp3) is 0.429. The van der Waals surface area contributed by atoms with E-state index in [1.807, 2.05) is 39.0 Å². The van der Waals surface area contributed by atoms with Crippen molar-refractivity contribution >= 4 is 23.3 Å². The number of methoxy groups -OCH3 is 1. The highest BCUT2D eigenvalue weighted by Gasteiger charge is 2.27. The van der Waals surface area contributed by atoms with Gasteiger partial charge in [0.25, 0.3) is 5.91 Å². The Labute approximate surface area is 222 Å². The molecule has 3 aromatic rings. The molecule has 0 saturated carbocycles. The van der Waals surface area contributed by atoms with Crippen LogP contribution in [0.1, 0.15) is 51.0 Å². The van der Waals surface area contributed by atoms with Crippen LogP contribution in [0.25, 0.3) is 11.4 Å². The minimum atomic E-state index is -0.608. The molecule has 38 heavy (non-hydrogen) atoms. The zero-order chi connectivity index (χ0) is 27.3. The first-order valence-corrected chi connectivity index (χ1v) is 12.7. The van der Waals surface area contributed by atoms with Crippen LogP contribution in [-0.4, -0.2) is 65.1 Å². The Morgan fingerprint density at radius 3 is 2.53 bits per heavy atom. The number of amides is 1. The lowest BCUT2D eigenvalue weighted by Gasteiger charge is -2.35. The minimum Gasteiger partial charge on any atom is -0.494 e. The van der Waals surface area contributed by atoms with Gasteiger partial charge in [0.15, 0.2) is 6.10 Å². The maximum atomic E-state index is 12.9. The number of ether oxygens (including phenoxy) is 3. The summed E-state index contributed by atoms with van der Waals surface area (Å²) in [7, 11) is 1.57. The number of aromatic nitrogens is 3. The van der Waals surface area contributed by atoms with E-state index in [1.54, 1.807) is 44.5 Å². The Balaban J connectivity index is 1.35. The number of anilines is 2. The Bertz CT molecular complexity index is 1250. The Kier molecular flexibility index (Phi) is 8.31. The number of hydrogen-bond donors (Lipinski definition) is 2. The fourth-order valence-electron chi connectivity index (χ4n) is 4.25. The molecule has 0 unspecified atom stereocenters. The van der Waals surface area contributed by atoms with E-state index in [1.165, 1.54) is 0 Å². The highest BCUT2D eigenvalue weighted by Crippen LogP contribution is 2.32. The zero-order valence-corrected chi connectivity index (χ0v) is 22.5. The first kappa shape index (κ1) is 27.1. The molecule has 2 N–H and O–H groups in total. The molecule has 0 radical (unpaired) electrons. The smallest absolute Gasteiger partial charge is 0.335 e. The summed E-state index contributed by atoms with van der Waals surface area (Å²) in [5, 5.41) is 9.77. The van der Waals surface area contributed by atoms with Crippen molar-refractivity contribution in [2.45, 2.75) is 58.3 Å². The molecule has 3 heterocycles. The van der Waals surface area contributed by atoms with Crippen molar-refractivity contribution in [2.24, 2.45) is 0 Å². The molecule has 1 atom stereocenters. The average Bonchev–Trinajstić information content (AvgIpc) is 3.44. The van der Waals surface area contributed by atoms with Gasteiger partial charge in [-0.2, -0.15) is 5.10 Å². The summed E-state index contributed by atoms with van der Waals surface area (Å²) in [6.07, 6.45) is 2.65. The van der Waals surface area contributed by atoms with Gasteiger partial charge in [0, 0.05) is 31.0 Å². The molecule has 0 bridgehead atoms. The number of piperidine rings is 1. The maximum Gasteiger partial charge on any atom is 0.335 e. The van der Waals surface area contributed by atoms with Crippen molar-refractivity contribution < 1.29 is 23.8 Å². The molecule has 0 aliphatic carbocycles. The van der Waals surface area contributed by atoms with Gasteiger partial charge < -0.3 is 24.4 Å². The molecule has 1 saturated heterocycles. The van der Waals surface area contributed by atoms with E-state index in [-0.39, 0.29) is 23.7 Å². The summed E-state index contributed by atoms with van der Waals surface area (Å²) in [6, 6.07) is 12.7. The van der Waals surface area contributed by atoms with Crippen molar-refractivity contribution in [1.82, 2.24) is 15.2 Å². The lowest BCUT2D eigenvalue weighted by Crippen LogP contribution is -2.40. The van der Waals surface area contributed by atoms with E-state index in [2.05, 4.69) is 25.4 Å². The van der Waals surface area contributed by atoms with Gasteiger partial charge in [-0.05, 0) is 70.9 Å².